The molecule has 5 heterocycles. The van der Waals surface area contributed by atoms with Crippen LogP contribution >= 0.6 is 0 Å². The Morgan fingerprint density at radius 1 is 1.16 bits per heavy atom. The standard InChI is InChI=1S/C24H27N7O/c1-15-11-29(7-6-26-15)19-13-30(14-19)24(32)21-10-27-23-5-4-18(12-31(21)23)16-2-3-17-9-22(25)28-20(17)8-16/h2-5,8,10,12,15,19,26H,6-7,9,11,13-14H2,1H3,(H2,25,28). The molecule has 0 radical (unpaired) electrons. The summed E-state index contributed by atoms with van der Waals surface area (Å²) < 4.78 is 1.91. The number of nitrogens with two attached hydrogens (primary N) is 1. The number of likely N-dealkylation sites (tertiary alicyclic amines) is 1. The Kier molecular flexibility index (Phi) is 4.51. The molecule has 3 aliphatic rings. The highest BCUT2D eigenvalue weighted by molar-refractivity contribution is 5.94. The fourth-order valence-electron chi connectivity index (χ4n) is 5.00. The van der Waals surface area contributed by atoms with E-state index in [0.717, 1.165) is 60.7 Å². The minimum atomic E-state index is 0.0420. The van der Waals surface area contributed by atoms with E-state index >= 15 is 0 Å². The molecule has 0 spiro atoms. The van der Waals surface area contributed by atoms with Gasteiger partial charge in [0.05, 0.1) is 11.9 Å². The van der Waals surface area contributed by atoms with Crippen molar-refractivity contribution in [3.8, 4) is 11.1 Å². The average molecular weight is 430 g/mol. The van der Waals surface area contributed by atoms with Crippen molar-refractivity contribution in [3.05, 3.63) is 54.0 Å². The molecular weight excluding hydrogens is 402 g/mol. The number of carbonyl (C=O) groups is 1. The smallest absolute Gasteiger partial charge is 0.272 e. The van der Waals surface area contributed by atoms with Gasteiger partial charge in [0.25, 0.3) is 5.91 Å². The zero-order valence-corrected chi connectivity index (χ0v) is 18.2. The highest BCUT2D eigenvalue weighted by atomic mass is 16.2. The van der Waals surface area contributed by atoms with Gasteiger partial charge >= 0.3 is 0 Å². The van der Waals surface area contributed by atoms with Gasteiger partial charge in [0.15, 0.2) is 0 Å². The lowest BCUT2D eigenvalue weighted by Gasteiger charge is -2.47. The summed E-state index contributed by atoms with van der Waals surface area (Å²) in [6.07, 6.45) is 4.39. The number of hydrogen-bond donors (Lipinski definition) is 2. The maximum absolute atomic E-state index is 13.2. The molecule has 1 atom stereocenters. The summed E-state index contributed by atoms with van der Waals surface area (Å²) in [6, 6.07) is 11.2. The number of amides is 1. The van der Waals surface area contributed by atoms with E-state index in [2.05, 4.69) is 45.3 Å². The van der Waals surface area contributed by atoms with Crippen molar-refractivity contribution < 1.29 is 4.79 Å². The van der Waals surface area contributed by atoms with Gasteiger partial charge < -0.3 is 16.0 Å². The Bertz CT molecular complexity index is 1240. The zero-order chi connectivity index (χ0) is 21.8. The van der Waals surface area contributed by atoms with E-state index in [1.807, 2.05) is 27.6 Å². The topological polar surface area (TPSA) is 91.3 Å². The van der Waals surface area contributed by atoms with Crippen LogP contribution in [0.2, 0.25) is 0 Å². The van der Waals surface area contributed by atoms with Crippen LogP contribution in [0.5, 0.6) is 0 Å². The quantitative estimate of drug-likeness (QED) is 0.661. The number of pyridine rings is 1. The third-order valence-electron chi connectivity index (χ3n) is 6.85. The van der Waals surface area contributed by atoms with E-state index in [0.29, 0.717) is 30.0 Å². The predicted molar refractivity (Wildman–Crippen MR) is 124 cm³/mol. The Morgan fingerprint density at radius 3 is 2.84 bits per heavy atom. The molecule has 3 N–H and O–H groups in total. The molecule has 3 aliphatic heterocycles. The number of aliphatic imine (C=N–C) groups is 1. The van der Waals surface area contributed by atoms with Crippen molar-refractivity contribution in [3.63, 3.8) is 0 Å². The van der Waals surface area contributed by atoms with Crippen LogP contribution in [-0.2, 0) is 6.42 Å². The Balaban J connectivity index is 1.23. The van der Waals surface area contributed by atoms with Gasteiger partial charge in [-0.05, 0) is 41.8 Å². The van der Waals surface area contributed by atoms with Crippen molar-refractivity contribution in [2.45, 2.75) is 25.4 Å². The molecule has 0 bridgehead atoms. The van der Waals surface area contributed by atoms with Crippen LogP contribution < -0.4 is 11.1 Å². The molecule has 3 aromatic rings. The van der Waals surface area contributed by atoms with Gasteiger partial charge in [-0.2, -0.15) is 0 Å². The first-order valence-electron chi connectivity index (χ1n) is 11.3. The molecule has 6 rings (SSSR count). The van der Waals surface area contributed by atoms with Gasteiger partial charge in [0.1, 0.15) is 17.2 Å². The lowest BCUT2D eigenvalue weighted by Crippen LogP contribution is -2.65. The van der Waals surface area contributed by atoms with E-state index < -0.39 is 0 Å². The van der Waals surface area contributed by atoms with Crippen molar-refractivity contribution in [1.29, 1.82) is 0 Å². The summed E-state index contributed by atoms with van der Waals surface area (Å²) in [4.78, 5) is 26.6. The summed E-state index contributed by atoms with van der Waals surface area (Å²) in [5.41, 5.74) is 11.4. The molecule has 0 aliphatic carbocycles. The first-order chi connectivity index (χ1) is 15.5. The third-order valence-corrected chi connectivity index (χ3v) is 6.85. The van der Waals surface area contributed by atoms with E-state index in [9.17, 15) is 4.79 Å². The molecular formula is C24H27N7O. The number of imidazole rings is 1. The second kappa shape index (κ2) is 7.43. The second-order valence-corrected chi connectivity index (χ2v) is 9.13. The fraction of sp³-hybridized carbons (Fsp3) is 0.375. The van der Waals surface area contributed by atoms with Crippen LogP contribution in [0.3, 0.4) is 0 Å². The number of hydrogen-bond acceptors (Lipinski definition) is 6. The monoisotopic (exact) mass is 429 g/mol. The normalized spacial score (nSPS) is 21.5. The van der Waals surface area contributed by atoms with Crippen molar-refractivity contribution in [2.75, 3.05) is 32.7 Å². The summed E-state index contributed by atoms with van der Waals surface area (Å²) in [6.45, 7) is 6.88. The zero-order valence-electron chi connectivity index (χ0n) is 18.2. The fourth-order valence-corrected chi connectivity index (χ4v) is 5.00. The highest BCUT2D eigenvalue weighted by Crippen LogP contribution is 2.31. The molecule has 2 saturated heterocycles. The van der Waals surface area contributed by atoms with Crippen LogP contribution in [0.15, 0.2) is 47.7 Å². The van der Waals surface area contributed by atoms with E-state index in [1.54, 1.807) is 6.20 Å². The molecule has 164 valence electrons. The van der Waals surface area contributed by atoms with Gasteiger partial charge in [-0.1, -0.05) is 12.1 Å². The molecule has 1 unspecified atom stereocenters. The largest absolute Gasteiger partial charge is 0.387 e. The number of rotatable bonds is 3. The van der Waals surface area contributed by atoms with Crippen LogP contribution in [0.1, 0.15) is 23.0 Å². The molecule has 8 nitrogen and oxygen atoms in total. The number of nitrogens with one attached hydrogen (secondary N) is 1. The Labute approximate surface area is 186 Å². The summed E-state index contributed by atoms with van der Waals surface area (Å²) in [5, 5.41) is 3.48. The molecule has 32 heavy (non-hydrogen) atoms. The Hall–Kier alpha value is -3.23. The van der Waals surface area contributed by atoms with Crippen LogP contribution in [0.25, 0.3) is 16.8 Å². The molecule has 0 saturated carbocycles. The molecule has 1 amide bonds. The maximum Gasteiger partial charge on any atom is 0.272 e. The number of aromatic nitrogens is 2. The maximum atomic E-state index is 13.2. The van der Waals surface area contributed by atoms with Gasteiger partial charge in [-0.3, -0.25) is 14.1 Å². The SMILES string of the molecule is CC1CN(C2CN(C(=O)c3cnc4ccc(-c5ccc6c(c5)N=C(N)C6)cn34)C2)CCN1. The molecule has 1 aromatic carbocycles. The first kappa shape index (κ1) is 19.5. The van der Waals surface area contributed by atoms with Crippen molar-refractivity contribution >= 4 is 23.1 Å². The van der Waals surface area contributed by atoms with E-state index in [1.165, 1.54) is 0 Å². The Morgan fingerprint density at radius 2 is 2.00 bits per heavy atom. The van der Waals surface area contributed by atoms with Crippen molar-refractivity contribution in [2.24, 2.45) is 10.7 Å². The first-order valence-corrected chi connectivity index (χ1v) is 11.3. The second-order valence-electron chi connectivity index (χ2n) is 9.13. The molecule has 2 aromatic heterocycles. The minimum absolute atomic E-state index is 0.0420. The molecule has 2 fully saturated rings. The van der Waals surface area contributed by atoms with Gasteiger partial charge in [0.2, 0.25) is 0 Å². The van der Waals surface area contributed by atoms with E-state index in [4.69, 9.17) is 5.73 Å². The highest BCUT2D eigenvalue weighted by Gasteiger charge is 2.37. The summed E-state index contributed by atoms with van der Waals surface area (Å²) in [5.74, 6) is 0.693. The number of amidine groups is 1. The summed E-state index contributed by atoms with van der Waals surface area (Å²) >= 11 is 0. The van der Waals surface area contributed by atoms with Gasteiger partial charge in [0, 0.05) is 57.4 Å². The average Bonchev–Trinajstić information content (AvgIpc) is 3.34. The number of nitrogens with zero attached hydrogens (tertiary/aromatic N) is 5. The number of piperazine rings is 1. The van der Waals surface area contributed by atoms with Gasteiger partial charge in [-0.15, -0.1) is 0 Å². The number of carbonyl (C=O) groups excluding carboxylic acids is 1. The lowest BCUT2D eigenvalue weighted by atomic mass is 10.0. The van der Waals surface area contributed by atoms with Crippen molar-refractivity contribution in [1.82, 2.24) is 24.5 Å². The summed E-state index contributed by atoms with van der Waals surface area (Å²) in [7, 11) is 0. The predicted octanol–water partition coefficient (Wildman–Crippen LogP) is 1.66. The third kappa shape index (κ3) is 3.27. The lowest BCUT2D eigenvalue weighted by molar-refractivity contribution is 0.0175. The number of benzene rings is 1. The molecule has 8 heteroatoms. The van der Waals surface area contributed by atoms with Crippen LogP contribution in [0.4, 0.5) is 5.69 Å². The van der Waals surface area contributed by atoms with Gasteiger partial charge in [-0.25, -0.2) is 9.98 Å². The van der Waals surface area contributed by atoms with Crippen LogP contribution in [0, 0.1) is 0 Å². The van der Waals surface area contributed by atoms with Crippen LogP contribution in [-0.4, -0.2) is 75.7 Å². The van der Waals surface area contributed by atoms with E-state index in [-0.39, 0.29) is 5.91 Å². The minimum Gasteiger partial charge on any atom is -0.387 e. The number of fused-ring (bicyclic) bond motifs is 2.